The van der Waals surface area contributed by atoms with E-state index in [0.717, 1.165) is 16.6 Å². The van der Waals surface area contributed by atoms with Crippen LogP contribution in [0.15, 0.2) is 30.3 Å². The van der Waals surface area contributed by atoms with Gasteiger partial charge in [0.2, 0.25) is 11.8 Å². The fourth-order valence-corrected chi connectivity index (χ4v) is 2.21. The lowest BCUT2D eigenvalue weighted by Gasteiger charge is -2.22. The minimum Gasteiger partial charge on any atom is -0.358 e. The van der Waals surface area contributed by atoms with Crippen molar-refractivity contribution in [2.45, 2.75) is 12.5 Å². The molecule has 2 amide bonds. The SMILES string of the molecule is O=C1CNC(=O)[C@@H](Cc2cc3ccccc3[nH]2)N1. The van der Waals surface area contributed by atoms with Crippen molar-refractivity contribution in [2.75, 3.05) is 6.54 Å². The Morgan fingerprint density at radius 1 is 1.22 bits per heavy atom. The van der Waals surface area contributed by atoms with E-state index in [1.165, 1.54) is 0 Å². The van der Waals surface area contributed by atoms with Crippen molar-refractivity contribution in [1.29, 1.82) is 0 Å². The molecule has 5 heteroatoms. The second-order valence-electron chi connectivity index (χ2n) is 4.42. The average molecular weight is 243 g/mol. The van der Waals surface area contributed by atoms with Crippen LogP contribution in [0.2, 0.25) is 0 Å². The van der Waals surface area contributed by atoms with Crippen LogP contribution >= 0.6 is 0 Å². The lowest BCUT2D eigenvalue weighted by molar-refractivity contribution is -0.133. The highest BCUT2D eigenvalue weighted by molar-refractivity contribution is 5.95. The van der Waals surface area contributed by atoms with Gasteiger partial charge in [-0.1, -0.05) is 18.2 Å². The molecule has 0 radical (unpaired) electrons. The molecule has 1 aliphatic rings. The van der Waals surface area contributed by atoms with Gasteiger partial charge in [-0.25, -0.2) is 0 Å². The monoisotopic (exact) mass is 243 g/mol. The van der Waals surface area contributed by atoms with Crippen LogP contribution in [0.4, 0.5) is 0 Å². The Morgan fingerprint density at radius 3 is 2.89 bits per heavy atom. The van der Waals surface area contributed by atoms with E-state index in [2.05, 4.69) is 15.6 Å². The maximum Gasteiger partial charge on any atom is 0.243 e. The number of rotatable bonds is 2. The van der Waals surface area contributed by atoms with Crippen molar-refractivity contribution in [1.82, 2.24) is 15.6 Å². The Morgan fingerprint density at radius 2 is 2.06 bits per heavy atom. The van der Waals surface area contributed by atoms with Crippen molar-refractivity contribution in [3.05, 3.63) is 36.0 Å². The van der Waals surface area contributed by atoms with Gasteiger partial charge in [-0.3, -0.25) is 9.59 Å². The Bertz CT molecular complexity index is 584. The van der Waals surface area contributed by atoms with Crippen LogP contribution in [0.5, 0.6) is 0 Å². The van der Waals surface area contributed by atoms with Gasteiger partial charge in [-0.05, 0) is 17.5 Å². The molecular formula is C13H13N3O2. The number of carbonyl (C=O) groups is 2. The number of piperazine rings is 1. The molecule has 3 rings (SSSR count). The van der Waals surface area contributed by atoms with E-state index >= 15 is 0 Å². The molecule has 1 aromatic heterocycles. The molecule has 92 valence electrons. The minimum atomic E-state index is -0.487. The highest BCUT2D eigenvalue weighted by Crippen LogP contribution is 2.16. The first-order valence-electron chi connectivity index (χ1n) is 5.86. The summed E-state index contributed by atoms with van der Waals surface area (Å²) in [5.74, 6) is -0.274. The summed E-state index contributed by atoms with van der Waals surface area (Å²) < 4.78 is 0. The number of para-hydroxylation sites is 1. The van der Waals surface area contributed by atoms with Crippen LogP contribution in [-0.2, 0) is 16.0 Å². The molecule has 1 saturated heterocycles. The molecule has 1 atom stereocenters. The number of nitrogens with one attached hydrogen (secondary N) is 3. The first-order valence-corrected chi connectivity index (χ1v) is 5.86. The number of amides is 2. The van der Waals surface area contributed by atoms with E-state index in [-0.39, 0.29) is 18.4 Å². The lowest BCUT2D eigenvalue weighted by Crippen LogP contribution is -2.56. The molecule has 3 N–H and O–H groups in total. The molecule has 1 fully saturated rings. The van der Waals surface area contributed by atoms with Gasteiger partial charge in [0, 0.05) is 17.6 Å². The van der Waals surface area contributed by atoms with E-state index in [4.69, 9.17) is 0 Å². The Kier molecular flexibility index (Phi) is 2.51. The number of carbonyl (C=O) groups excluding carboxylic acids is 2. The molecule has 18 heavy (non-hydrogen) atoms. The predicted octanol–water partition coefficient (Wildman–Crippen LogP) is 0.325. The number of aromatic amines is 1. The smallest absolute Gasteiger partial charge is 0.243 e. The van der Waals surface area contributed by atoms with Crippen LogP contribution in [0.3, 0.4) is 0 Å². The van der Waals surface area contributed by atoms with Gasteiger partial charge in [0.05, 0.1) is 6.54 Å². The summed E-state index contributed by atoms with van der Waals surface area (Å²) >= 11 is 0. The summed E-state index contributed by atoms with van der Waals surface area (Å²) in [6.45, 7) is 0.0715. The molecule has 0 saturated carbocycles. The molecule has 0 bridgehead atoms. The Labute approximate surface area is 104 Å². The van der Waals surface area contributed by atoms with Crippen molar-refractivity contribution >= 4 is 22.7 Å². The van der Waals surface area contributed by atoms with Gasteiger partial charge in [-0.2, -0.15) is 0 Å². The van der Waals surface area contributed by atoms with Crippen molar-refractivity contribution in [3.8, 4) is 0 Å². The third-order valence-corrected chi connectivity index (χ3v) is 3.08. The zero-order valence-electron chi connectivity index (χ0n) is 9.69. The zero-order valence-corrected chi connectivity index (χ0v) is 9.69. The number of aromatic nitrogens is 1. The largest absolute Gasteiger partial charge is 0.358 e. The summed E-state index contributed by atoms with van der Waals surface area (Å²) in [6, 6.07) is 9.43. The highest BCUT2D eigenvalue weighted by Gasteiger charge is 2.26. The summed E-state index contributed by atoms with van der Waals surface area (Å²) in [5.41, 5.74) is 1.98. The molecule has 5 nitrogen and oxygen atoms in total. The van der Waals surface area contributed by atoms with Crippen LogP contribution in [0.1, 0.15) is 5.69 Å². The van der Waals surface area contributed by atoms with Crippen molar-refractivity contribution in [2.24, 2.45) is 0 Å². The normalized spacial score (nSPS) is 19.7. The zero-order chi connectivity index (χ0) is 12.5. The van der Waals surface area contributed by atoms with E-state index in [0.29, 0.717) is 6.42 Å². The van der Waals surface area contributed by atoms with E-state index in [1.54, 1.807) is 0 Å². The Balaban J connectivity index is 1.83. The third-order valence-electron chi connectivity index (χ3n) is 3.08. The van der Waals surface area contributed by atoms with E-state index < -0.39 is 6.04 Å². The molecule has 1 aliphatic heterocycles. The van der Waals surface area contributed by atoms with Crippen molar-refractivity contribution in [3.63, 3.8) is 0 Å². The number of benzene rings is 1. The maximum atomic E-state index is 11.6. The highest BCUT2D eigenvalue weighted by atomic mass is 16.2. The number of H-pyrrole nitrogens is 1. The van der Waals surface area contributed by atoms with E-state index in [9.17, 15) is 9.59 Å². The lowest BCUT2D eigenvalue weighted by atomic mass is 10.1. The van der Waals surface area contributed by atoms with Crippen LogP contribution < -0.4 is 10.6 Å². The first kappa shape index (κ1) is 10.8. The van der Waals surface area contributed by atoms with Gasteiger partial charge in [0.1, 0.15) is 6.04 Å². The minimum absolute atomic E-state index is 0.0715. The second-order valence-corrected chi connectivity index (χ2v) is 4.42. The number of hydrogen-bond donors (Lipinski definition) is 3. The van der Waals surface area contributed by atoms with Gasteiger partial charge in [-0.15, -0.1) is 0 Å². The fourth-order valence-electron chi connectivity index (χ4n) is 2.21. The fraction of sp³-hybridized carbons (Fsp3) is 0.231. The number of hydrogen-bond acceptors (Lipinski definition) is 2. The first-order chi connectivity index (χ1) is 8.72. The quantitative estimate of drug-likeness (QED) is 0.711. The Hall–Kier alpha value is -2.30. The summed E-state index contributed by atoms with van der Waals surface area (Å²) in [4.78, 5) is 26.1. The third kappa shape index (κ3) is 1.95. The molecule has 2 heterocycles. The van der Waals surface area contributed by atoms with Gasteiger partial charge in [0.25, 0.3) is 0 Å². The second kappa shape index (κ2) is 4.18. The molecule has 0 spiro atoms. The van der Waals surface area contributed by atoms with Crippen molar-refractivity contribution < 1.29 is 9.59 Å². The molecule has 2 aromatic rings. The summed E-state index contributed by atoms with van der Waals surface area (Å²) in [6.07, 6.45) is 0.478. The van der Waals surface area contributed by atoms with Gasteiger partial charge >= 0.3 is 0 Å². The summed E-state index contributed by atoms with van der Waals surface area (Å²) in [5, 5.41) is 6.37. The average Bonchev–Trinajstić information content (AvgIpc) is 2.76. The van der Waals surface area contributed by atoms with Crippen LogP contribution in [0, 0.1) is 0 Å². The predicted molar refractivity (Wildman–Crippen MR) is 66.9 cm³/mol. The van der Waals surface area contributed by atoms with Crippen LogP contribution in [-0.4, -0.2) is 29.4 Å². The molecular weight excluding hydrogens is 230 g/mol. The summed E-state index contributed by atoms with van der Waals surface area (Å²) in [7, 11) is 0. The maximum absolute atomic E-state index is 11.6. The standard InChI is InChI=1S/C13H13N3O2/c17-12-7-14-13(18)11(16-12)6-9-5-8-3-1-2-4-10(8)15-9/h1-5,11,15H,6-7H2,(H,14,18)(H,16,17)/t11-/m1/s1. The van der Waals surface area contributed by atoms with E-state index in [1.807, 2.05) is 30.3 Å². The van der Waals surface area contributed by atoms with Crippen LogP contribution in [0.25, 0.3) is 10.9 Å². The molecule has 0 aliphatic carbocycles. The number of fused-ring (bicyclic) bond motifs is 1. The molecule has 0 unspecified atom stereocenters. The topological polar surface area (TPSA) is 74.0 Å². The van der Waals surface area contributed by atoms with Gasteiger partial charge in [0.15, 0.2) is 0 Å². The molecule has 1 aromatic carbocycles. The van der Waals surface area contributed by atoms with Gasteiger partial charge < -0.3 is 15.6 Å².